The molecule has 3 heteroatoms. The molecule has 50 valence electrons. The van der Waals surface area contributed by atoms with Crippen LogP contribution in [0.2, 0.25) is 0 Å². The summed E-state index contributed by atoms with van der Waals surface area (Å²) >= 11 is 1.66. The Bertz CT molecular complexity index is 185. The van der Waals surface area contributed by atoms with E-state index in [-0.39, 0.29) is 6.61 Å². The van der Waals surface area contributed by atoms with E-state index in [1.165, 1.54) is 5.69 Å². The molecular formula is C6H10NOS+. The molecule has 0 aliphatic rings. The largest absolute Gasteiger partial charge is 0.396 e. The van der Waals surface area contributed by atoms with Crippen LogP contribution in [0, 0.1) is 0 Å². The van der Waals surface area contributed by atoms with Gasteiger partial charge in [0.25, 0.3) is 0 Å². The van der Waals surface area contributed by atoms with Gasteiger partial charge in [-0.15, -0.1) is 0 Å². The predicted molar refractivity (Wildman–Crippen MR) is 36.3 cm³/mol. The zero-order chi connectivity index (χ0) is 6.69. The maximum Gasteiger partial charge on any atom is 0.224 e. The quantitative estimate of drug-likeness (QED) is 0.585. The molecule has 0 bridgehead atoms. The number of rotatable bonds is 2. The lowest BCUT2D eigenvalue weighted by molar-refractivity contribution is -0.674. The monoisotopic (exact) mass is 144 g/mol. The number of aromatic nitrogens is 1. The summed E-state index contributed by atoms with van der Waals surface area (Å²) in [5.74, 6) is 0. The van der Waals surface area contributed by atoms with Crippen molar-refractivity contribution in [3.05, 3.63) is 16.6 Å². The first kappa shape index (κ1) is 6.71. The van der Waals surface area contributed by atoms with Crippen molar-refractivity contribution in [1.29, 1.82) is 0 Å². The van der Waals surface area contributed by atoms with Crippen LogP contribution in [0.3, 0.4) is 0 Å². The van der Waals surface area contributed by atoms with Crippen molar-refractivity contribution < 1.29 is 9.67 Å². The van der Waals surface area contributed by atoms with E-state index >= 15 is 0 Å². The van der Waals surface area contributed by atoms with Crippen LogP contribution in [0.15, 0.2) is 10.9 Å². The fourth-order valence-corrected chi connectivity index (χ4v) is 1.52. The van der Waals surface area contributed by atoms with Gasteiger partial charge in [-0.3, -0.25) is 0 Å². The van der Waals surface area contributed by atoms with Crippen LogP contribution < -0.4 is 4.57 Å². The second-order valence-electron chi connectivity index (χ2n) is 1.94. The minimum atomic E-state index is 0.241. The molecule has 0 amide bonds. The Labute approximate surface area is 58.4 Å². The molecule has 1 aromatic heterocycles. The molecule has 0 saturated heterocycles. The first-order chi connectivity index (χ1) is 4.34. The van der Waals surface area contributed by atoms with Crippen molar-refractivity contribution in [1.82, 2.24) is 0 Å². The summed E-state index contributed by atoms with van der Waals surface area (Å²) in [6.45, 7) is 0.241. The summed E-state index contributed by atoms with van der Waals surface area (Å²) in [5, 5.41) is 10.6. The number of aliphatic hydroxyl groups excluding tert-OH is 1. The number of thiazole rings is 1. The average molecular weight is 144 g/mol. The van der Waals surface area contributed by atoms with Crippen LogP contribution in [0.25, 0.3) is 0 Å². The highest BCUT2D eigenvalue weighted by molar-refractivity contribution is 7.07. The van der Waals surface area contributed by atoms with E-state index in [0.29, 0.717) is 0 Å². The van der Waals surface area contributed by atoms with Crippen molar-refractivity contribution in [2.75, 3.05) is 6.61 Å². The van der Waals surface area contributed by atoms with Crippen LogP contribution in [-0.2, 0) is 13.5 Å². The molecule has 0 spiro atoms. The lowest BCUT2D eigenvalue weighted by atomic mass is 10.3. The summed E-state index contributed by atoms with van der Waals surface area (Å²) in [7, 11) is 1.99. The number of hydrogen-bond acceptors (Lipinski definition) is 2. The highest BCUT2D eigenvalue weighted by atomic mass is 32.1. The van der Waals surface area contributed by atoms with E-state index in [9.17, 15) is 0 Å². The third kappa shape index (κ3) is 1.50. The molecule has 9 heavy (non-hydrogen) atoms. The van der Waals surface area contributed by atoms with E-state index in [0.717, 1.165) is 6.42 Å². The average Bonchev–Trinajstić information content (AvgIpc) is 2.18. The van der Waals surface area contributed by atoms with Crippen molar-refractivity contribution in [3.63, 3.8) is 0 Å². The first-order valence-corrected chi connectivity index (χ1v) is 3.80. The molecule has 0 atom stereocenters. The Hall–Kier alpha value is -0.410. The molecule has 1 N–H and O–H groups in total. The Morgan fingerprint density at radius 1 is 1.78 bits per heavy atom. The minimum absolute atomic E-state index is 0.241. The van der Waals surface area contributed by atoms with Gasteiger partial charge in [0.15, 0.2) is 5.69 Å². The van der Waals surface area contributed by atoms with Gasteiger partial charge in [0.1, 0.15) is 7.05 Å². The molecule has 1 rings (SSSR count). The van der Waals surface area contributed by atoms with Crippen LogP contribution in [0.1, 0.15) is 5.69 Å². The highest BCUT2D eigenvalue weighted by Crippen LogP contribution is 1.97. The zero-order valence-corrected chi connectivity index (χ0v) is 6.19. The summed E-state index contributed by atoms with van der Waals surface area (Å²) in [5.41, 5.74) is 3.22. The van der Waals surface area contributed by atoms with Gasteiger partial charge < -0.3 is 5.11 Å². The lowest BCUT2D eigenvalue weighted by Crippen LogP contribution is -2.29. The molecule has 1 heterocycles. The van der Waals surface area contributed by atoms with E-state index in [1.54, 1.807) is 11.3 Å². The molecule has 1 aromatic rings. The number of hydrogen-bond donors (Lipinski definition) is 1. The van der Waals surface area contributed by atoms with Crippen molar-refractivity contribution in [3.8, 4) is 0 Å². The van der Waals surface area contributed by atoms with E-state index < -0.39 is 0 Å². The maximum atomic E-state index is 8.55. The van der Waals surface area contributed by atoms with Gasteiger partial charge in [-0.2, -0.15) is 4.57 Å². The van der Waals surface area contributed by atoms with Crippen LogP contribution >= 0.6 is 11.3 Å². The Morgan fingerprint density at radius 3 is 3.00 bits per heavy atom. The van der Waals surface area contributed by atoms with Gasteiger partial charge >= 0.3 is 0 Å². The van der Waals surface area contributed by atoms with Gasteiger partial charge in [0.05, 0.1) is 18.4 Å². The first-order valence-electron chi connectivity index (χ1n) is 2.86. The zero-order valence-electron chi connectivity index (χ0n) is 5.37. The SMILES string of the molecule is C[n+]1cscc1CCO. The molecule has 0 aromatic carbocycles. The third-order valence-electron chi connectivity index (χ3n) is 1.24. The maximum absolute atomic E-state index is 8.55. The highest BCUT2D eigenvalue weighted by Gasteiger charge is 2.04. The number of aliphatic hydroxyl groups is 1. The van der Waals surface area contributed by atoms with Crippen molar-refractivity contribution >= 4 is 11.3 Å². The van der Waals surface area contributed by atoms with Gasteiger partial charge in [-0.05, 0) is 0 Å². The number of nitrogens with zero attached hydrogens (tertiary/aromatic N) is 1. The normalized spacial score (nSPS) is 10.0. The number of aryl methyl sites for hydroxylation is 1. The van der Waals surface area contributed by atoms with Gasteiger partial charge in [0.2, 0.25) is 5.51 Å². The van der Waals surface area contributed by atoms with Gasteiger partial charge in [0, 0.05) is 0 Å². The molecule has 0 radical (unpaired) electrons. The van der Waals surface area contributed by atoms with Crippen LogP contribution in [-0.4, -0.2) is 11.7 Å². The fourth-order valence-electron chi connectivity index (χ4n) is 0.701. The molecule has 0 saturated carbocycles. The standard InChI is InChI=1S/C6H10NOS/c1-7-5-9-4-6(7)2-3-8/h4-5,8H,2-3H2,1H3/q+1. The molecule has 0 aliphatic heterocycles. The summed E-state index contributed by atoms with van der Waals surface area (Å²) in [4.78, 5) is 0. The van der Waals surface area contributed by atoms with E-state index in [2.05, 4.69) is 5.38 Å². The van der Waals surface area contributed by atoms with Crippen LogP contribution in [0.4, 0.5) is 0 Å². The summed E-state index contributed by atoms with van der Waals surface area (Å²) in [6.07, 6.45) is 0.764. The Kier molecular flexibility index (Phi) is 2.19. The fraction of sp³-hybridized carbons (Fsp3) is 0.500. The molecule has 0 aliphatic carbocycles. The second kappa shape index (κ2) is 2.94. The van der Waals surface area contributed by atoms with Crippen LogP contribution in [0.5, 0.6) is 0 Å². The predicted octanol–water partition coefficient (Wildman–Crippen LogP) is 0.107. The third-order valence-corrected chi connectivity index (χ3v) is 2.09. The summed E-state index contributed by atoms with van der Waals surface area (Å²) < 4.78 is 2.03. The molecule has 2 nitrogen and oxygen atoms in total. The smallest absolute Gasteiger partial charge is 0.224 e. The van der Waals surface area contributed by atoms with Crippen molar-refractivity contribution in [2.24, 2.45) is 7.05 Å². The topological polar surface area (TPSA) is 24.1 Å². The lowest BCUT2D eigenvalue weighted by Gasteiger charge is -1.86. The second-order valence-corrected chi connectivity index (χ2v) is 2.65. The van der Waals surface area contributed by atoms with Gasteiger partial charge in [-0.1, -0.05) is 11.3 Å². The molecule has 0 unspecified atom stereocenters. The molecular weight excluding hydrogens is 134 g/mol. The Morgan fingerprint density at radius 2 is 2.56 bits per heavy atom. The minimum Gasteiger partial charge on any atom is -0.396 e. The van der Waals surface area contributed by atoms with Crippen molar-refractivity contribution in [2.45, 2.75) is 6.42 Å². The van der Waals surface area contributed by atoms with E-state index in [1.807, 2.05) is 17.1 Å². The molecule has 0 fully saturated rings. The Balaban J connectivity index is 2.69. The summed E-state index contributed by atoms with van der Waals surface area (Å²) in [6, 6.07) is 0. The van der Waals surface area contributed by atoms with E-state index in [4.69, 9.17) is 5.11 Å². The van der Waals surface area contributed by atoms with Gasteiger partial charge in [-0.25, -0.2) is 0 Å².